The van der Waals surface area contributed by atoms with Crippen LogP contribution in [0.5, 0.6) is 0 Å². The van der Waals surface area contributed by atoms with Gasteiger partial charge in [0.1, 0.15) is 0 Å². The summed E-state index contributed by atoms with van der Waals surface area (Å²) < 4.78 is 6.07. The Hall–Kier alpha value is -0.810. The molecule has 144 valence electrons. The van der Waals surface area contributed by atoms with E-state index in [0.29, 0.717) is 12.1 Å². The Balaban J connectivity index is 1.35. The molecule has 2 bridgehead atoms. The minimum atomic E-state index is 0.479. The summed E-state index contributed by atoms with van der Waals surface area (Å²) >= 11 is 0. The van der Waals surface area contributed by atoms with Gasteiger partial charge < -0.3 is 20.3 Å². The maximum absolute atomic E-state index is 6.07. The fourth-order valence-corrected chi connectivity index (χ4v) is 4.93. The largest absolute Gasteiger partial charge is 0.376 e. The summed E-state index contributed by atoms with van der Waals surface area (Å²) in [6, 6.07) is 2.06. The Morgan fingerprint density at radius 3 is 2.32 bits per heavy atom. The summed E-state index contributed by atoms with van der Waals surface area (Å²) in [6.45, 7) is 1.62. The lowest BCUT2D eigenvalue weighted by molar-refractivity contribution is 0.0461. The molecule has 0 aromatic rings. The number of guanidine groups is 1. The van der Waals surface area contributed by atoms with Crippen LogP contribution in [-0.4, -0.2) is 62.3 Å². The van der Waals surface area contributed by atoms with Crippen LogP contribution in [0.4, 0.5) is 0 Å². The first-order valence-corrected chi connectivity index (χ1v) is 10.6. The molecular formula is C20H38N4O. The van der Waals surface area contributed by atoms with Crippen LogP contribution in [0.2, 0.25) is 0 Å². The third-order valence-electron chi connectivity index (χ3n) is 6.45. The minimum Gasteiger partial charge on any atom is -0.376 e. The molecule has 2 unspecified atom stereocenters. The number of hydrogen-bond acceptors (Lipinski definition) is 3. The Labute approximate surface area is 154 Å². The van der Waals surface area contributed by atoms with Crippen molar-refractivity contribution in [1.82, 2.24) is 15.5 Å². The number of fused-ring (bicyclic) bond motifs is 2. The van der Waals surface area contributed by atoms with Gasteiger partial charge >= 0.3 is 0 Å². The highest BCUT2D eigenvalue weighted by molar-refractivity contribution is 5.79. The predicted molar refractivity (Wildman–Crippen MR) is 104 cm³/mol. The van der Waals surface area contributed by atoms with Crippen molar-refractivity contribution in [3.8, 4) is 0 Å². The Morgan fingerprint density at radius 1 is 1.00 bits per heavy atom. The molecule has 2 atom stereocenters. The van der Waals surface area contributed by atoms with Gasteiger partial charge in [-0.3, -0.25) is 4.99 Å². The number of hydrogen-bond donors (Lipinski definition) is 2. The van der Waals surface area contributed by atoms with E-state index >= 15 is 0 Å². The minimum absolute atomic E-state index is 0.479. The van der Waals surface area contributed by atoms with Crippen LogP contribution < -0.4 is 10.6 Å². The van der Waals surface area contributed by atoms with Gasteiger partial charge in [0.25, 0.3) is 0 Å². The van der Waals surface area contributed by atoms with Gasteiger partial charge in [0, 0.05) is 31.7 Å². The van der Waals surface area contributed by atoms with E-state index in [1.807, 2.05) is 7.05 Å². The molecule has 0 spiro atoms. The maximum Gasteiger partial charge on any atom is 0.191 e. The second-order valence-electron chi connectivity index (χ2n) is 8.20. The van der Waals surface area contributed by atoms with Gasteiger partial charge in [0.05, 0.1) is 12.7 Å². The number of rotatable bonds is 5. The standard InChI is InChI=1S/C20H38N4O/c1-21-20(22-12-13-25-19-10-5-3-4-6-11-19)23-16-14-17-8-7-9-18(15-16)24(17)2/h16-19H,3-15H2,1-2H3,(H2,21,22,23). The molecule has 1 saturated carbocycles. The average molecular weight is 351 g/mol. The highest BCUT2D eigenvalue weighted by Crippen LogP contribution is 2.32. The summed E-state index contributed by atoms with van der Waals surface area (Å²) in [4.78, 5) is 7.03. The average Bonchev–Trinajstić information content (AvgIpc) is 2.87. The molecule has 2 aliphatic heterocycles. The zero-order valence-electron chi connectivity index (χ0n) is 16.3. The number of aliphatic imine (C=N–C) groups is 1. The summed E-state index contributed by atoms with van der Waals surface area (Å²) in [5.74, 6) is 0.942. The first-order chi connectivity index (χ1) is 12.3. The van der Waals surface area contributed by atoms with Crippen molar-refractivity contribution in [3.05, 3.63) is 0 Å². The van der Waals surface area contributed by atoms with Crippen molar-refractivity contribution in [3.63, 3.8) is 0 Å². The summed E-state index contributed by atoms with van der Waals surface area (Å²) in [7, 11) is 4.18. The Morgan fingerprint density at radius 2 is 1.68 bits per heavy atom. The third kappa shape index (κ3) is 5.58. The van der Waals surface area contributed by atoms with Crippen molar-refractivity contribution >= 4 is 5.96 Å². The molecule has 0 aromatic carbocycles. The highest BCUT2D eigenvalue weighted by atomic mass is 16.5. The summed E-state index contributed by atoms with van der Waals surface area (Å²) in [5, 5.41) is 7.11. The van der Waals surface area contributed by atoms with E-state index in [1.165, 1.54) is 70.6 Å². The SMILES string of the molecule is CN=C(NCCOC1CCCCCC1)NC1CC2CCCC(C1)N2C. The molecule has 5 nitrogen and oxygen atoms in total. The maximum atomic E-state index is 6.07. The van der Waals surface area contributed by atoms with Gasteiger partial charge in [-0.1, -0.05) is 32.1 Å². The Kier molecular flexibility index (Phi) is 7.41. The van der Waals surface area contributed by atoms with Gasteiger partial charge in [-0.25, -0.2) is 0 Å². The van der Waals surface area contributed by atoms with Crippen LogP contribution in [0.25, 0.3) is 0 Å². The topological polar surface area (TPSA) is 48.9 Å². The van der Waals surface area contributed by atoms with E-state index in [9.17, 15) is 0 Å². The van der Waals surface area contributed by atoms with Crippen LogP contribution in [0.1, 0.15) is 70.6 Å². The monoisotopic (exact) mass is 350 g/mol. The first-order valence-electron chi connectivity index (χ1n) is 10.6. The number of nitrogens with one attached hydrogen (secondary N) is 2. The zero-order valence-corrected chi connectivity index (χ0v) is 16.3. The molecule has 5 heteroatoms. The smallest absolute Gasteiger partial charge is 0.191 e. The number of piperidine rings is 2. The van der Waals surface area contributed by atoms with Gasteiger partial charge in [0.15, 0.2) is 5.96 Å². The molecule has 2 heterocycles. The fourth-order valence-electron chi connectivity index (χ4n) is 4.93. The van der Waals surface area contributed by atoms with E-state index in [4.69, 9.17) is 4.74 Å². The second-order valence-corrected chi connectivity index (χ2v) is 8.20. The van der Waals surface area contributed by atoms with Crippen LogP contribution in [0.15, 0.2) is 4.99 Å². The molecule has 3 rings (SSSR count). The molecular weight excluding hydrogens is 312 g/mol. The van der Waals surface area contributed by atoms with E-state index in [0.717, 1.165) is 31.2 Å². The quantitative estimate of drug-likeness (QED) is 0.346. The molecule has 1 aliphatic carbocycles. The first kappa shape index (κ1) is 19.0. The van der Waals surface area contributed by atoms with Crippen LogP contribution in [0, 0.1) is 0 Å². The van der Waals surface area contributed by atoms with Gasteiger partial charge in [-0.05, 0) is 45.6 Å². The molecule has 2 N–H and O–H groups in total. The Bertz CT molecular complexity index is 406. The number of ether oxygens (including phenoxy) is 1. The molecule has 3 fully saturated rings. The van der Waals surface area contributed by atoms with E-state index in [-0.39, 0.29) is 0 Å². The van der Waals surface area contributed by atoms with E-state index in [1.54, 1.807) is 0 Å². The second kappa shape index (κ2) is 9.77. The van der Waals surface area contributed by atoms with Crippen molar-refractivity contribution < 1.29 is 4.74 Å². The van der Waals surface area contributed by atoms with Gasteiger partial charge in [0.2, 0.25) is 0 Å². The summed E-state index contributed by atoms with van der Waals surface area (Å²) in [5.41, 5.74) is 0. The van der Waals surface area contributed by atoms with Crippen molar-refractivity contribution in [2.75, 3.05) is 27.2 Å². The normalized spacial score (nSPS) is 32.2. The van der Waals surface area contributed by atoms with E-state index < -0.39 is 0 Å². The molecule has 2 saturated heterocycles. The lowest BCUT2D eigenvalue weighted by atomic mass is 9.82. The van der Waals surface area contributed by atoms with Crippen LogP contribution >= 0.6 is 0 Å². The lowest BCUT2D eigenvalue weighted by Crippen LogP contribution is -2.56. The van der Waals surface area contributed by atoms with Crippen molar-refractivity contribution in [2.45, 2.75) is 94.9 Å². The number of nitrogens with zero attached hydrogens (tertiary/aromatic N) is 2. The molecule has 0 amide bonds. The van der Waals surface area contributed by atoms with Crippen LogP contribution in [-0.2, 0) is 4.74 Å². The predicted octanol–water partition coefficient (Wildman–Crippen LogP) is 2.91. The molecule has 25 heavy (non-hydrogen) atoms. The van der Waals surface area contributed by atoms with Gasteiger partial charge in [-0.15, -0.1) is 0 Å². The molecule has 0 aromatic heterocycles. The zero-order chi connectivity index (χ0) is 17.5. The van der Waals surface area contributed by atoms with Crippen molar-refractivity contribution in [1.29, 1.82) is 0 Å². The summed E-state index contributed by atoms with van der Waals surface area (Å²) in [6.07, 6.45) is 15.0. The lowest BCUT2D eigenvalue weighted by Gasteiger charge is -2.47. The van der Waals surface area contributed by atoms with Crippen LogP contribution in [0.3, 0.4) is 0 Å². The van der Waals surface area contributed by atoms with E-state index in [2.05, 4.69) is 27.6 Å². The third-order valence-corrected chi connectivity index (χ3v) is 6.45. The van der Waals surface area contributed by atoms with Crippen molar-refractivity contribution in [2.24, 2.45) is 4.99 Å². The molecule has 3 aliphatic rings. The van der Waals surface area contributed by atoms with Gasteiger partial charge in [-0.2, -0.15) is 0 Å². The fraction of sp³-hybridized carbons (Fsp3) is 0.950. The molecule has 0 radical (unpaired) electrons. The highest BCUT2D eigenvalue weighted by Gasteiger charge is 2.36.